The van der Waals surface area contributed by atoms with Gasteiger partial charge < -0.3 is 0 Å². The lowest BCUT2D eigenvalue weighted by Crippen LogP contribution is -2.25. The van der Waals surface area contributed by atoms with E-state index in [0.29, 0.717) is 0 Å². The van der Waals surface area contributed by atoms with Crippen molar-refractivity contribution < 1.29 is 0 Å². The maximum atomic E-state index is 2.53. The molecule has 4 aliphatic rings. The Labute approximate surface area is 115 Å². The number of rotatable bonds is 0. The largest absolute Gasteiger partial charge is 0.0848 e. The van der Waals surface area contributed by atoms with Gasteiger partial charge in [0.25, 0.3) is 0 Å². The molecule has 6 atom stereocenters. The lowest BCUT2D eigenvalue weighted by atomic mass is 9.73. The third kappa shape index (κ3) is 2.40. The summed E-state index contributed by atoms with van der Waals surface area (Å²) in [6.45, 7) is 12.0. The van der Waals surface area contributed by atoms with Crippen molar-refractivity contribution in [3.05, 3.63) is 12.2 Å². The lowest BCUT2D eigenvalue weighted by Gasteiger charge is -2.31. The van der Waals surface area contributed by atoms with Crippen molar-refractivity contribution in [2.75, 3.05) is 0 Å². The summed E-state index contributed by atoms with van der Waals surface area (Å²) in [6, 6.07) is 0. The molecule has 0 aromatic carbocycles. The molecule has 0 amide bonds. The van der Waals surface area contributed by atoms with Crippen LogP contribution in [0.1, 0.15) is 67.2 Å². The molecule has 0 heterocycles. The number of hydrogen-bond donors (Lipinski definition) is 0. The quantitative estimate of drug-likeness (QED) is 0.369. The van der Waals surface area contributed by atoms with Crippen molar-refractivity contribution in [1.82, 2.24) is 0 Å². The fraction of sp³-hybridized carbons (Fsp3) is 0.889. The number of allylic oxidation sites excluding steroid dienone is 2. The van der Waals surface area contributed by atoms with Gasteiger partial charge >= 0.3 is 0 Å². The molecule has 3 saturated carbocycles. The Morgan fingerprint density at radius 1 is 0.611 bits per heavy atom. The highest BCUT2D eigenvalue weighted by Crippen LogP contribution is 2.65. The summed E-state index contributed by atoms with van der Waals surface area (Å²) in [5.74, 6) is 6.66. The Balaban J connectivity index is 0.000000242. The highest BCUT2D eigenvalue weighted by molar-refractivity contribution is 5.19. The van der Waals surface area contributed by atoms with Crippen LogP contribution in [-0.2, 0) is 0 Å². The Kier molecular flexibility index (Phi) is 6.46. The van der Waals surface area contributed by atoms with Crippen molar-refractivity contribution in [3.63, 3.8) is 0 Å². The molecule has 0 aliphatic heterocycles. The summed E-state index contributed by atoms with van der Waals surface area (Å²) in [5.41, 5.74) is 0. The first kappa shape index (κ1) is 15.8. The minimum Gasteiger partial charge on any atom is -0.0848 e. The van der Waals surface area contributed by atoms with Crippen LogP contribution in [-0.4, -0.2) is 0 Å². The predicted molar refractivity (Wildman–Crippen MR) is 82.6 cm³/mol. The maximum absolute atomic E-state index is 2.53. The zero-order chi connectivity index (χ0) is 13.7. The van der Waals surface area contributed by atoms with Gasteiger partial charge in [-0.25, -0.2) is 0 Å². The zero-order valence-corrected chi connectivity index (χ0v) is 13.4. The van der Waals surface area contributed by atoms with Gasteiger partial charge in [-0.1, -0.05) is 53.7 Å². The van der Waals surface area contributed by atoms with E-state index in [1.807, 2.05) is 41.5 Å². The van der Waals surface area contributed by atoms with E-state index < -0.39 is 0 Å². The predicted octanol–water partition coefficient (Wildman–Crippen LogP) is 5.93. The molecular formula is C18H34. The second-order valence-corrected chi connectivity index (χ2v) is 5.44. The Hall–Kier alpha value is -0.260. The smallest absolute Gasteiger partial charge is 0.0194 e. The molecule has 3 fully saturated rings. The molecule has 0 spiro atoms. The molecule has 0 aromatic heterocycles. The summed E-state index contributed by atoms with van der Waals surface area (Å²) < 4.78 is 0. The van der Waals surface area contributed by atoms with E-state index in [-0.39, 0.29) is 0 Å². The SMILES string of the molecule is C1=CC2CC1C1C3CCC(C3)C21.CC.CC.CC. The fourth-order valence-electron chi connectivity index (χ4n) is 4.98. The zero-order valence-electron chi connectivity index (χ0n) is 13.4. The van der Waals surface area contributed by atoms with Gasteiger partial charge in [-0.3, -0.25) is 0 Å². The molecule has 0 nitrogen and oxygen atoms in total. The van der Waals surface area contributed by atoms with Crippen LogP contribution in [0.5, 0.6) is 0 Å². The number of hydrogen-bond acceptors (Lipinski definition) is 0. The van der Waals surface area contributed by atoms with Crippen molar-refractivity contribution in [2.24, 2.45) is 35.5 Å². The normalized spacial score (nSPS) is 44.1. The van der Waals surface area contributed by atoms with E-state index in [1.165, 1.54) is 6.42 Å². The Morgan fingerprint density at radius 3 is 1.39 bits per heavy atom. The third-order valence-electron chi connectivity index (χ3n) is 5.19. The van der Waals surface area contributed by atoms with Crippen LogP contribution in [0.15, 0.2) is 12.2 Å². The van der Waals surface area contributed by atoms with Crippen LogP contribution in [0.3, 0.4) is 0 Å². The molecule has 4 bridgehead atoms. The van der Waals surface area contributed by atoms with Gasteiger partial charge in [0.1, 0.15) is 0 Å². The minimum atomic E-state index is 1.02. The fourth-order valence-corrected chi connectivity index (χ4v) is 4.98. The van der Waals surface area contributed by atoms with Gasteiger partial charge in [0, 0.05) is 0 Å². The average Bonchev–Trinajstić information content (AvgIpc) is 3.24. The highest BCUT2D eigenvalue weighted by Gasteiger charge is 2.57. The first-order valence-corrected chi connectivity index (χ1v) is 8.62. The van der Waals surface area contributed by atoms with Gasteiger partial charge in [-0.2, -0.15) is 0 Å². The number of fused-ring (bicyclic) bond motifs is 9. The van der Waals surface area contributed by atoms with Crippen molar-refractivity contribution >= 4 is 0 Å². The van der Waals surface area contributed by atoms with Crippen LogP contribution >= 0.6 is 0 Å². The third-order valence-corrected chi connectivity index (χ3v) is 5.19. The molecular weight excluding hydrogens is 216 g/mol. The van der Waals surface area contributed by atoms with Gasteiger partial charge in [0.05, 0.1) is 0 Å². The topological polar surface area (TPSA) is 0 Å². The van der Waals surface area contributed by atoms with E-state index in [9.17, 15) is 0 Å². The molecule has 4 aliphatic carbocycles. The van der Waals surface area contributed by atoms with E-state index in [2.05, 4.69) is 12.2 Å². The van der Waals surface area contributed by atoms with Crippen LogP contribution in [0.2, 0.25) is 0 Å². The highest BCUT2D eigenvalue weighted by atomic mass is 14.6. The standard InChI is InChI=1S/C12H16.3C2H6/c1-2-8-5-7(1)11-9-3-4-10(6-9)12(8)11;3*1-2/h1-2,7-12H,3-6H2;3*1-2H3. The van der Waals surface area contributed by atoms with E-state index in [4.69, 9.17) is 0 Å². The second-order valence-electron chi connectivity index (χ2n) is 5.44. The van der Waals surface area contributed by atoms with Gasteiger partial charge in [0.2, 0.25) is 0 Å². The van der Waals surface area contributed by atoms with E-state index >= 15 is 0 Å². The average molecular weight is 250 g/mol. The van der Waals surface area contributed by atoms with Crippen LogP contribution in [0.25, 0.3) is 0 Å². The van der Waals surface area contributed by atoms with Crippen molar-refractivity contribution in [2.45, 2.75) is 67.2 Å². The summed E-state index contributed by atoms with van der Waals surface area (Å²) in [6.07, 6.45) is 11.3. The van der Waals surface area contributed by atoms with Crippen LogP contribution < -0.4 is 0 Å². The Morgan fingerprint density at radius 2 is 1.00 bits per heavy atom. The second kappa shape index (κ2) is 7.36. The van der Waals surface area contributed by atoms with Crippen molar-refractivity contribution in [3.8, 4) is 0 Å². The first-order chi connectivity index (χ1) is 8.93. The molecule has 6 unspecified atom stereocenters. The van der Waals surface area contributed by atoms with E-state index in [1.54, 1.807) is 19.3 Å². The van der Waals surface area contributed by atoms with Crippen LogP contribution in [0.4, 0.5) is 0 Å². The minimum absolute atomic E-state index is 1.02. The molecule has 0 heteroatoms. The van der Waals surface area contributed by atoms with E-state index in [0.717, 1.165) is 35.5 Å². The first-order valence-electron chi connectivity index (χ1n) is 8.62. The molecule has 0 radical (unpaired) electrons. The van der Waals surface area contributed by atoms with Gasteiger partial charge in [-0.15, -0.1) is 0 Å². The molecule has 106 valence electrons. The summed E-state index contributed by atoms with van der Waals surface area (Å²) in [5, 5.41) is 0. The maximum Gasteiger partial charge on any atom is -0.0194 e. The monoisotopic (exact) mass is 250 g/mol. The molecule has 0 N–H and O–H groups in total. The van der Waals surface area contributed by atoms with Gasteiger partial charge in [-0.05, 0) is 61.2 Å². The molecule has 0 aromatic rings. The van der Waals surface area contributed by atoms with Crippen molar-refractivity contribution in [1.29, 1.82) is 0 Å². The summed E-state index contributed by atoms with van der Waals surface area (Å²) in [4.78, 5) is 0. The lowest BCUT2D eigenvalue weighted by molar-refractivity contribution is 0.206. The van der Waals surface area contributed by atoms with Gasteiger partial charge in [0.15, 0.2) is 0 Å². The molecule has 0 saturated heterocycles. The summed E-state index contributed by atoms with van der Waals surface area (Å²) >= 11 is 0. The molecule has 4 rings (SSSR count). The summed E-state index contributed by atoms with van der Waals surface area (Å²) in [7, 11) is 0. The van der Waals surface area contributed by atoms with Crippen LogP contribution in [0, 0.1) is 35.5 Å². The Bertz CT molecular complexity index is 229. The molecule has 18 heavy (non-hydrogen) atoms.